The Balaban J connectivity index is 0.00000353. The molecule has 1 aromatic heterocycles. The number of carbonyl (C=O) groups excluding carboxylic acids is 2. The van der Waals surface area contributed by atoms with Crippen molar-refractivity contribution in [2.45, 2.75) is 108 Å². The van der Waals surface area contributed by atoms with Crippen LogP contribution in [0.15, 0.2) is 30.5 Å². The SMILES string of the molecule is Cl.[2H]C1(C[C@H](NC2CCCCC2)C(=O)N2CCC[C@H]2C(=O)NCc2ccc3c(N)nccc3c2)CCCCC1. The zero-order valence-corrected chi connectivity index (χ0v) is 23.2. The van der Waals surface area contributed by atoms with E-state index in [1.165, 1.54) is 25.7 Å². The van der Waals surface area contributed by atoms with Crippen molar-refractivity contribution in [3.8, 4) is 0 Å². The molecule has 7 nitrogen and oxygen atoms in total. The molecule has 0 unspecified atom stereocenters. The third kappa shape index (κ3) is 6.97. The molecule has 0 spiro atoms. The Labute approximate surface area is 234 Å². The van der Waals surface area contributed by atoms with Crippen molar-refractivity contribution >= 4 is 40.8 Å². The Bertz CT molecular complexity index is 1140. The number of amides is 2. The average molecular weight is 543 g/mol. The smallest absolute Gasteiger partial charge is 0.243 e. The second-order valence-electron chi connectivity index (χ2n) is 11.2. The van der Waals surface area contributed by atoms with E-state index in [-0.39, 0.29) is 30.3 Å². The highest BCUT2D eigenvalue weighted by atomic mass is 35.5. The van der Waals surface area contributed by atoms with Gasteiger partial charge in [-0.1, -0.05) is 63.5 Å². The number of hydrogen-bond acceptors (Lipinski definition) is 5. The number of fused-ring (bicyclic) bond motifs is 1. The van der Waals surface area contributed by atoms with Gasteiger partial charge in [-0.2, -0.15) is 0 Å². The average Bonchev–Trinajstić information content (AvgIpc) is 3.42. The Morgan fingerprint density at radius 1 is 1.03 bits per heavy atom. The molecule has 2 amide bonds. The minimum atomic E-state index is -0.549. The summed E-state index contributed by atoms with van der Waals surface area (Å²) in [6.45, 7) is 1.00. The van der Waals surface area contributed by atoms with Crippen LogP contribution in [0.3, 0.4) is 0 Å². The van der Waals surface area contributed by atoms with Gasteiger partial charge in [0.1, 0.15) is 11.9 Å². The summed E-state index contributed by atoms with van der Waals surface area (Å²) in [4.78, 5) is 33.2. The molecule has 1 aromatic carbocycles. The van der Waals surface area contributed by atoms with Gasteiger partial charge in [0.15, 0.2) is 0 Å². The highest BCUT2D eigenvalue weighted by Crippen LogP contribution is 2.30. The molecule has 208 valence electrons. The minimum Gasteiger partial charge on any atom is -0.383 e. The van der Waals surface area contributed by atoms with Crippen LogP contribution in [-0.4, -0.2) is 46.4 Å². The monoisotopic (exact) mass is 542 g/mol. The first-order valence-electron chi connectivity index (χ1n) is 14.9. The van der Waals surface area contributed by atoms with Gasteiger partial charge >= 0.3 is 0 Å². The Hall–Kier alpha value is -2.38. The van der Waals surface area contributed by atoms with Crippen molar-refractivity contribution in [1.29, 1.82) is 0 Å². The number of anilines is 1. The summed E-state index contributed by atoms with van der Waals surface area (Å²) in [6, 6.07) is 7.32. The molecule has 5 rings (SSSR count). The molecule has 1 aliphatic heterocycles. The van der Waals surface area contributed by atoms with E-state index >= 15 is 0 Å². The third-order valence-corrected chi connectivity index (χ3v) is 8.56. The lowest BCUT2D eigenvalue weighted by molar-refractivity contribution is -0.140. The molecule has 4 N–H and O–H groups in total. The maximum absolute atomic E-state index is 14.0. The van der Waals surface area contributed by atoms with Gasteiger partial charge in [-0.25, -0.2) is 4.98 Å². The number of hydrogen-bond donors (Lipinski definition) is 3. The number of aromatic nitrogens is 1. The summed E-state index contributed by atoms with van der Waals surface area (Å²) in [5.41, 5.74) is 6.95. The van der Waals surface area contributed by atoms with Crippen LogP contribution >= 0.6 is 12.4 Å². The van der Waals surface area contributed by atoms with Crippen LogP contribution in [-0.2, 0) is 16.1 Å². The van der Waals surface area contributed by atoms with E-state index in [4.69, 9.17) is 7.10 Å². The number of nitrogens with zero attached hydrogens (tertiary/aromatic N) is 2. The Morgan fingerprint density at radius 3 is 2.53 bits per heavy atom. The molecule has 0 radical (unpaired) electrons. The summed E-state index contributed by atoms with van der Waals surface area (Å²) in [5, 5.41) is 8.65. The van der Waals surface area contributed by atoms with E-state index < -0.39 is 11.9 Å². The van der Waals surface area contributed by atoms with Gasteiger partial charge in [0.2, 0.25) is 11.8 Å². The van der Waals surface area contributed by atoms with Crippen LogP contribution in [0.4, 0.5) is 5.82 Å². The van der Waals surface area contributed by atoms with Crippen molar-refractivity contribution in [3.63, 3.8) is 0 Å². The van der Waals surface area contributed by atoms with Crippen LogP contribution in [0.25, 0.3) is 10.8 Å². The van der Waals surface area contributed by atoms with E-state index in [1.807, 2.05) is 24.3 Å². The van der Waals surface area contributed by atoms with Crippen molar-refractivity contribution in [3.05, 3.63) is 36.0 Å². The van der Waals surface area contributed by atoms with Crippen LogP contribution in [0.5, 0.6) is 0 Å². The zero-order chi connectivity index (χ0) is 26.5. The van der Waals surface area contributed by atoms with Crippen LogP contribution in [0, 0.1) is 5.89 Å². The Kier molecular flexibility index (Phi) is 9.74. The number of nitrogens with one attached hydrogen (secondary N) is 2. The van der Waals surface area contributed by atoms with Gasteiger partial charge in [-0.3, -0.25) is 9.59 Å². The maximum atomic E-state index is 14.0. The van der Waals surface area contributed by atoms with Gasteiger partial charge < -0.3 is 21.3 Å². The molecule has 1 saturated heterocycles. The van der Waals surface area contributed by atoms with Crippen LogP contribution in [0.1, 0.15) is 90.4 Å². The topological polar surface area (TPSA) is 100 Å². The third-order valence-electron chi connectivity index (χ3n) is 8.56. The largest absolute Gasteiger partial charge is 0.383 e. The molecule has 8 heteroatoms. The number of nitrogens with two attached hydrogens (primary N) is 1. The molecular weight excluding hydrogens is 498 g/mol. The number of carbonyl (C=O) groups is 2. The summed E-state index contributed by atoms with van der Waals surface area (Å²) in [6.07, 6.45) is 14.6. The molecule has 2 atom stereocenters. The lowest BCUT2D eigenvalue weighted by Crippen LogP contribution is -2.54. The van der Waals surface area contributed by atoms with E-state index in [0.717, 1.165) is 61.3 Å². The molecule has 2 aromatic rings. The summed E-state index contributed by atoms with van der Waals surface area (Å²) in [7, 11) is 0. The molecule has 38 heavy (non-hydrogen) atoms. The number of rotatable bonds is 8. The second-order valence-corrected chi connectivity index (χ2v) is 11.2. The number of likely N-dealkylation sites (tertiary alicyclic amines) is 1. The summed E-state index contributed by atoms with van der Waals surface area (Å²) >= 11 is 0. The zero-order valence-electron chi connectivity index (χ0n) is 23.4. The van der Waals surface area contributed by atoms with E-state index in [2.05, 4.69) is 15.6 Å². The van der Waals surface area contributed by atoms with Gasteiger partial charge in [0, 0.05) is 32.1 Å². The molecule has 2 heterocycles. The second kappa shape index (κ2) is 13.6. The van der Waals surface area contributed by atoms with Gasteiger partial charge in [-0.05, 0) is 61.1 Å². The molecule has 2 aliphatic carbocycles. The van der Waals surface area contributed by atoms with Gasteiger partial charge in [-0.15, -0.1) is 12.4 Å². The predicted octanol–water partition coefficient (Wildman–Crippen LogP) is 5.11. The number of halogens is 1. The molecule has 2 saturated carbocycles. The predicted molar refractivity (Wildman–Crippen MR) is 155 cm³/mol. The Morgan fingerprint density at radius 2 is 1.76 bits per heavy atom. The van der Waals surface area contributed by atoms with Crippen LogP contribution < -0.4 is 16.4 Å². The molecule has 3 fully saturated rings. The van der Waals surface area contributed by atoms with Gasteiger partial charge in [0.25, 0.3) is 0 Å². The first-order valence-corrected chi connectivity index (χ1v) is 14.4. The standard InChI is InChI=1S/C30H43N5O2.ClH/c31-28-25-14-13-22(18-23(25)15-16-32-28)20-33-29(36)27-12-7-17-35(27)30(37)26(19-21-8-3-1-4-9-21)34-24-10-5-2-6-11-24;/h13-16,18,21,24,26-27,34H,1-12,17,19-20H2,(H2,31,32)(H,33,36);1H/t26-,27-;/m0./s1/i21D;. The highest BCUT2D eigenvalue weighted by Gasteiger charge is 2.38. The normalized spacial score (nSPS) is 22.9. The van der Waals surface area contributed by atoms with E-state index in [0.29, 0.717) is 37.8 Å². The maximum Gasteiger partial charge on any atom is 0.243 e. The fraction of sp³-hybridized carbons (Fsp3) is 0.633. The quantitative estimate of drug-likeness (QED) is 0.430. The van der Waals surface area contributed by atoms with Crippen molar-refractivity contribution in [1.82, 2.24) is 20.5 Å². The number of nitrogen functional groups attached to an aromatic ring is 1. The number of benzene rings is 1. The number of pyridine rings is 1. The van der Waals surface area contributed by atoms with Crippen molar-refractivity contribution < 1.29 is 11.0 Å². The highest BCUT2D eigenvalue weighted by molar-refractivity contribution is 5.92. The fourth-order valence-electron chi connectivity index (χ4n) is 6.49. The lowest BCUT2D eigenvalue weighted by atomic mass is 9.84. The van der Waals surface area contributed by atoms with Crippen molar-refractivity contribution in [2.24, 2.45) is 5.89 Å². The first kappa shape index (κ1) is 27.2. The lowest BCUT2D eigenvalue weighted by Gasteiger charge is -2.35. The van der Waals surface area contributed by atoms with Gasteiger partial charge in [0.05, 0.1) is 6.04 Å². The summed E-state index contributed by atoms with van der Waals surface area (Å²) in [5.74, 6) is -0.136. The molecule has 0 bridgehead atoms. The van der Waals surface area contributed by atoms with E-state index in [9.17, 15) is 9.59 Å². The summed E-state index contributed by atoms with van der Waals surface area (Å²) < 4.78 is 9.10. The molecular formula is C30H44ClN5O2. The first-order chi connectivity index (χ1) is 18.4. The van der Waals surface area contributed by atoms with Crippen LogP contribution in [0.2, 0.25) is 0 Å². The molecule has 3 aliphatic rings. The van der Waals surface area contributed by atoms with E-state index in [1.54, 1.807) is 11.1 Å². The minimum absolute atomic E-state index is 0. The fourth-order valence-corrected chi connectivity index (χ4v) is 6.49. The van der Waals surface area contributed by atoms with Crippen molar-refractivity contribution in [2.75, 3.05) is 12.3 Å².